The number of hydrogen-bond acceptors (Lipinski definition) is 3. The molecule has 6 heteroatoms. The van der Waals surface area contributed by atoms with E-state index >= 15 is 0 Å². The normalized spacial score (nSPS) is 18.8. The molecule has 0 bridgehead atoms. The predicted octanol–water partition coefficient (Wildman–Crippen LogP) is 3.90. The van der Waals surface area contributed by atoms with Gasteiger partial charge in [-0.25, -0.2) is 0 Å². The molecule has 2 aromatic carbocycles. The van der Waals surface area contributed by atoms with Crippen LogP contribution in [0, 0.1) is 0 Å². The van der Waals surface area contributed by atoms with Gasteiger partial charge in [0.05, 0.1) is 0 Å². The van der Waals surface area contributed by atoms with Crippen LogP contribution in [0.15, 0.2) is 71.7 Å². The van der Waals surface area contributed by atoms with Crippen molar-refractivity contribution in [1.29, 1.82) is 0 Å². The average Bonchev–Trinajstić information content (AvgIpc) is 3.18. The third-order valence-electron chi connectivity index (χ3n) is 5.98. The van der Waals surface area contributed by atoms with E-state index < -0.39 is 5.85 Å². The van der Waals surface area contributed by atoms with Crippen LogP contribution >= 0.6 is 0 Å². The minimum Gasteiger partial charge on any atom is -0.341 e. The molecule has 4 aromatic rings. The molecule has 0 aliphatic carbocycles. The van der Waals surface area contributed by atoms with Gasteiger partial charge in [-0.05, 0) is 23.8 Å². The molecule has 2 aromatic heterocycles. The van der Waals surface area contributed by atoms with E-state index in [0.29, 0.717) is 11.2 Å². The quantitative estimate of drug-likeness (QED) is 0.525. The number of nitrogens with zero attached hydrogens (tertiary/aromatic N) is 3. The lowest BCUT2D eigenvalue weighted by Crippen LogP contribution is -2.46. The highest BCUT2D eigenvalue weighted by atomic mass is 16.5. The maximum atomic E-state index is 13.6. The number of hydrogen-bond donors (Lipinski definition) is 0. The van der Waals surface area contributed by atoms with Gasteiger partial charge in [0, 0.05) is 43.6 Å². The zero-order valence-corrected chi connectivity index (χ0v) is 17.0. The second-order valence-electron chi connectivity index (χ2n) is 7.55. The number of carbonyl (C=O) groups is 1. The Morgan fingerprint density at radius 1 is 0.967 bits per heavy atom. The van der Waals surface area contributed by atoms with Crippen LogP contribution in [0.3, 0.4) is 0 Å². The highest BCUT2D eigenvalue weighted by Gasteiger charge is 2.47. The van der Waals surface area contributed by atoms with Gasteiger partial charge >= 0.3 is 0 Å². The van der Waals surface area contributed by atoms with Crippen LogP contribution < -0.4 is 5.56 Å². The van der Waals surface area contributed by atoms with E-state index in [0.717, 1.165) is 21.9 Å². The van der Waals surface area contributed by atoms with E-state index in [1.54, 1.807) is 19.2 Å². The number of carbonyl (C=O) groups excluding carboxylic acids is 1. The molecule has 0 spiro atoms. The van der Waals surface area contributed by atoms with Crippen molar-refractivity contribution in [2.45, 2.75) is 12.8 Å². The maximum absolute atomic E-state index is 13.6. The Labute approximate surface area is 173 Å². The predicted molar refractivity (Wildman–Crippen MR) is 117 cm³/mol. The van der Waals surface area contributed by atoms with Crippen molar-refractivity contribution in [3.63, 3.8) is 0 Å². The van der Waals surface area contributed by atoms with Crippen molar-refractivity contribution in [1.82, 2.24) is 14.0 Å². The molecule has 1 atom stereocenters. The number of para-hydroxylation sites is 1. The molecule has 1 amide bonds. The fraction of sp³-hybridized carbons (Fsp3) is 0.167. The van der Waals surface area contributed by atoms with E-state index in [-0.39, 0.29) is 11.5 Å². The standard InChI is InChI=1S/C24H21N3O3/c1-24(30-3)26(14-13-16-9-5-4-6-10-16)22(28)20-15-18-17-11-7-8-12-19(17)25(2)21(18)23(29)27(20)24/h4-15H,1-3H3. The minimum absolute atomic E-state index is 0.255. The summed E-state index contributed by atoms with van der Waals surface area (Å²) in [5, 5.41) is 1.71. The lowest BCUT2D eigenvalue weighted by atomic mass is 10.1. The van der Waals surface area contributed by atoms with Gasteiger partial charge in [0.2, 0.25) is 5.85 Å². The van der Waals surface area contributed by atoms with Gasteiger partial charge in [-0.15, -0.1) is 0 Å². The van der Waals surface area contributed by atoms with Crippen molar-refractivity contribution < 1.29 is 9.53 Å². The molecule has 150 valence electrons. The first-order chi connectivity index (χ1) is 14.5. The summed E-state index contributed by atoms with van der Waals surface area (Å²) in [7, 11) is 3.37. The first-order valence-electron chi connectivity index (χ1n) is 9.73. The van der Waals surface area contributed by atoms with Crippen LogP contribution in [0.4, 0.5) is 0 Å². The average molecular weight is 399 g/mol. The topological polar surface area (TPSA) is 56.5 Å². The number of ether oxygens (including phenoxy) is 1. The number of rotatable bonds is 3. The third kappa shape index (κ3) is 2.34. The number of fused-ring (bicyclic) bond motifs is 4. The number of amides is 1. The first kappa shape index (κ1) is 18.4. The summed E-state index contributed by atoms with van der Waals surface area (Å²) >= 11 is 0. The van der Waals surface area contributed by atoms with Gasteiger partial charge < -0.3 is 9.30 Å². The second kappa shape index (κ2) is 6.43. The number of pyridine rings is 1. The summed E-state index contributed by atoms with van der Waals surface area (Å²) in [5.41, 5.74) is 2.50. The van der Waals surface area contributed by atoms with Crippen molar-refractivity contribution >= 4 is 33.8 Å². The van der Waals surface area contributed by atoms with E-state index in [4.69, 9.17) is 4.74 Å². The number of benzene rings is 2. The van der Waals surface area contributed by atoms with Gasteiger partial charge in [0.1, 0.15) is 11.2 Å². The Hall–Kier alpha value is -3.64. The summed E-state index contributed by atoms with van der Waals surface area (Å²) in [4.78, 5) is 28.4. The summed E-state index contributed by atoms with van der Waals surface area (Å²) in [6, 6.07) is 19.3. The van der Waals surface area contributed by atoms with Crippen molar-refractivity contribution in [3.8, 4) is 0 Å². The fourth-order valence-corrected chi connectivity index (χ4v) is 4.35. The molecule has 0 radical (unpaired) electrons. The van der Waals surface area contributed by atoms with Gasteiger partial charge in [-0.2, -0.15) is 0 Å². The lowest BCUT2D eigenvalue weighted by Gasteiger charge is -2.32. The van der Waals surface area contributed by atoms with Crippen molar-refractivity contribution in [3.05, 3.63) is 88.5 Å². The fourth-order valence-electron chi connectivity index (χ4n) is 4.35. The van der Waals surface area contributed by atoms with E-state index in [2.05, 4.69) is 0 Å². The number of aryl methyl sites for hydroxylation is 1. The Bertz CT molecular complexity index is 1400. The van der Waals surface area contributed by atoms with Crippen LogP contribution in [-0.4, -0.2) is 27.1 Å². The van der Waals surface area contributed by atoms with Gasteiger partial charge in [0.25, 0.3) is 11.5 Å². The molecule has 1 aliphatic heterocycles. The van der Waals surface area contributed by atoms with E-state index in [1.165, 1.54) is 16.6 Å². The van der Waals surface area contributed by atoms with Gasteiger partial charge in [-0.3, -0.25) is 19.1 Å². The number of methoxy groups -OCH3 is 1. The molecule has 1 unspecified atom stereocenters. The van der Waals surface area contributed by atoms with Crippen molar-refractivity contribution in [2.75, 3.05) is 7.11 Å². The van der Waals surface area contributed by atoms with E-state index in [1.807, 2.05) is 72.3 Å². The molecule has 3 heterocycles. The van der Waals surface area contributed by atoms with Crippen molar-refractivity contribution in [2.24, 2.45) is 7.05 Å². The van der Waals surface area contributed by atoms with Crippen LogP contribution in [0.25, 0.3) is 27.9 Å². The third-order valence-corrected chi connectivity index (χ3v) is 5.98. The molecule has 6 nitrogen and oxygen atoms in total. The zero-order valence-electron chi connectivity index (χ0n) is 17.0. The molecule has 30 heavy (non-hydrogen) atoms. The Kier molecular flexibility index (Phi) is 3.95. The summed E-state index contributed by atoms with van der Waals surface area (Å²) in [5.74, 6) is -1.54. The molecule has 1 aliphatic rings. The molecule has 0 fully saturated rings. The number of aromatic nitrogens is 2. The second-order valence-corrected chi connectivity index (χ2v) is 7.55. The van der Waals surface area contributed by atoms with Gasteiger partial charge in [-0.1, -0.05) is 48.5 Å². The molecule has 0 saturated carbocycles. The summed E-state index contributed by atoms with van der Waals surface area (Å²) < 4.78 is 9.08. The monoisotopic (exact) mass is 399 g/mol. The molecule has 0 N–H and O–H groups in total. The molecule has 0 saturated heterocycles. The Morgan fingerprint density at radius 3 is 2.40 bits per heavy atom. The summed E-state index contributed by atoms with van der Waals surface area (Å²) in [6.45, 7) is 1.73. The molecule has 5 rings (SSSR count). The van der Waals surface area contributed by atoms with Gasteiger partial charge in [0.15, 0.2) is 0 Å². The molecular weight excluding hydrogens is 378 g/mol. The smallest absolute Gasteiger partial charge is 0.279 e. The largest absolute Gasteiger partial charge is 0.341 e. The highest BCUT2D eigenvalue weighted by molar-refractivity contribution is 6.10. The Morgan fingerprint density at radius 2 is 1.67 bits per heavy atom. The summed E-state index contributed by atoms with van der Waals surface area (Å²) in [6.07, 6.45) is 3.51. The SMILES string of the molecule is COC1(C)N(C=Cc2ccccc2)C(=O)c2cc3c4ccccc4n(C)c3c(=O)n21. The maximum Gasteiger partial charge on any atom is 0.279 e. The van der Waals surface area contributed by atoms with Crippen LogP contribution in [0.5, 0.6) is 0 Å². The zero-order chi connectivity index (χ0) is 21.0. The lowest BCUT2D eigenvalue weighted by molar-refractivity contribution is -0.135. The van der Waals surface area contributed by atoms with Crippen LogP contribution in [0.2, 0.25) is 0 Å². The van der Waals surface area contributed by atoms with Crippen LogP contribution in [0.1, 0.15) is 23.0 Å². The van der Waals surface area contributed by atoms with Crippen LogP contribution in [-0.2, 0) is 17.6 Å². The Balaban J connectivity index is 1.76. The molecular formula is C24H21N3O3. The minimum atomic E-state index is -1.26. The first-order valence-corrected chi connectivity index (χ1v) is 9.73. The highest BCUT2D eigenvalue weighted by Crippen LogP contribution is 2.35. The van der Waals surface area contributed by atoms with E-state index in [9.17, 15) is 9.59 Å².